The molecule has 0 atom stereocenters. The monoisotopic (exact) mass is 476 g/mol. The third kappa shape index (κ3) is 3.93. The van der Waals surface area contributed by atoms with Crippen LogP contribution in [0.15, 0.2) is 68.7 Å². The van der Waals surface area contributed by atoms with E-state index in [-0.39, 0.29) is 21.6 Å². The number of anilines is 3. The van der Waals surface area contributed by atoms with Crippen molar-refractivity contribution in [2.45, 2.75) is 4.21 Å². The van der Waals surface area contributed by atoms with E-state index in [1.165, 1.54) is 18.2 Å². The van der Waals surface area contributed by atoms with E-state index >= 15 is 0 Å². The largest absolute Gasteiger partial charge is 0.508 e. The molecule has 0 aliphatic carbocycles. The zero-order chi connectivity index (χ0) is 19.7. The van der Waals surface area contributed by atoms with Gasteiger partial charge in [-0.25, -0.2) is 18.4 Å². The highest BCUT2D eigenvalue weighted by Gasteiger charge is 2.20. The van der Waals surface area contributed by atoms with Gasteiger partial charge in [-0.05, 0) is 52.3 Å². The van der Waals surface area contributed by atoms with Crippen LogP contribution in [0.2, 0.25) is 0 Å². The summed E-state index contributed by atoms with van der Waals surface area (Å²) < 4.78 is 28.9. The standard InChI is InChI=1S/C18H13BrN4O3S2/c19-15-8-9-16(27-15)28(25,26)23-18-17(20-11-4-3-5-12(24)10-11)21-13-6-1-2-7-14(13)22-18/h1-10,24H,(H,20,21)(H,22,23). The molecule has 2 aromatic carbocycles. The van der Waals surface area contributed by atoms with Gasteiger partial charge in [-0.1, -0.05) is 18.2 Å². The molecule has 4 aromatic rings. The summed E-state index contributed by atoms with van der Waals surface area (Å²) in [7, 11) is -3.84. The number of aromatic nitrogens is 2. The number of fused-ring (bicyclic) bond motifs is 1. The number of benzene rings is 2. The Hall–Kier alpha value is -2.69. The Balaban J connectivity index is 1.79. The third-order valence-corrected chi connectivity index (χ3v) is 7.18. The number of halogens is 1. The van der Waals surface area contributed by atoms with Gasteiger partial charge in [0.2, 0.25) is 0 Å². The first-order chi connectivity index (χ1) is 13.4. The maximum Gasteiger partial charge on any atom is 0.272 e. The van der Waals surface area contributed by atoms with Gasteiger partial charge in [0.25, 0.3) is 10.0 Å². The van der Waals surface area contributed by atoms with Crippen LogP contribution in [0, 0.1) is 0 Å². The van der Waals surface area contributed by atoms with E-state index in [1.807, 2.05) is 6.07 Å². The van der Waals surface area contributed by atoms with Crippen molar-refractivity contribution in [2.75, 3.05) is 10.0 Å². The van der Waals surface area contributed by atoms with Crippen molar-refractivity contribution in [3.05, 3.63) is 64.5 Å². The highest BCUT2D eigenvalue weighted by molar-refractivity contribution is 9.11. The van der Waals surface area contributed by atoms with Crippen LogP contribution in [-0.2, 0) is 10.0 Å². The van der Waals surface area contributed by atoms with E-state index in [1.54, 1.807) is 36.4 Å². The molecule has 0 saturated heterocycles. The predicted octanol–water partition coefficient (Wildman–Crippen LogP) is 4.70. The van der Waals surface area contributed by atoms with E-state index in [0.29, 0.717) is 20.5 Å². The molecular weight excluding hydrogens is 464 g/mol. The number of phenols is 1. The van der Waals surface area contributed by atoms with Gasteiger partial charge in [-0.2, -0.15) is 0 Å². The Morgan fingerprint density at radius 3 is 2.29 bits per heavy atom. The SMILES string of the molecule is O=S(=O)(Nc1nc2ccccc2nc1Nc1cccc(O)c1)c1ccc(Br)s1. The molecule has 0 fully saturated rings. The Kier molecular flexibility index (Phi) is 4.92. The lowest BCUT2D eigenvalue weighted by Crippen LogP contribution is -2.15. The van der Waals surface area contributed by atoms with Gasteiger partial charge in [0.05, 0.1) is 14.8 Å². The second-order valence-corrected chi connectivity index (χ2v) is 10.1. The Morgan fingerprint density at radius 1 is 0.929 bits per heavy atom. The number of thiophene rings is 1. The maximum atomic E-state index is 12.8. The molecule has 142 valence electrons. The van der Waals surface area contributed by atoms with Crippen LogP contribution >= 0.6 is 27.3 Å². The van der Waals surface area contributed by atoms with Crippen LogP contribution in [-0.4, -0.2) is 23.5 Å². The topological polar surface area (TPSA) is 104 Å². The van der Waals surface area contributed by atoms with E-state index in [0.717, 1.165) is 11.3 Å². The fourth-order valence-electron chi connectivity index (χ4n) is 2.50. The van der Waals surface area contributed by atoms with Gasteiger partial charge in [0, 0.05) is 11.8 Å². The number of phenolic OH excluding ortho intramolecular Hbond substituents is 1. The molecular formula is C18H13BrN4O3S2. The summed E-state index contributed by atoms with van der Waals surface area (Å²) in [6.45, 7) is 0. The van der Waals surface area contributed by atoms with Gasteiger partial charge < -0.3 is 10.4 Å². The molecule has 2 aromatic heterocycles. The first-order valence-corrected chi connectivity index (χ1v) is 11.1. The molecule has 10 heteroatoms. The molecule has 0 bridgehead atoms. The Labute approximate surface area is 173 Å². The number of nitrogens with one attached hydrogen (secondary N) is 2. The van der Waals surface area contributed by atoms with Gasteiger partial charge in [0.15, 0.2) is 11.6 Å². The fourth-order valence-corrected chi connectivity index (χ4v) is 5.52. The van der Waals surface area contributed by atoms with E-state index in [9.17, 15) is 13.5 Å². The van der Waals surface area contributed by atoms with Crippen LogP contribution in [0.5, 0.6) is 5.75 Å². The molecule has 7 nitrogen and oxygen atoms in total. The van der Waals surface area contributed by atoms with Gasteiger partial charge in [-0.3, -0.25) is 4.72 Å². The molecule has 3 N–H and O–H groups in total. The van der Waals surface area contributed by atoms with Crippen LogP contribution in [0.3, 0.4) is 0 Å². The molecule has 0 saturated carbocycles. The smallest absolute Gasteiger partial charge is 0.272 e. The lowest BCUT2D eigenvalue weighted by Gasteiger charge is -2.13. The normalized spacial score (nSPS) is 11.5. The molecule has 0 unspecified atom stereocenters. The minimum absolute atomic E-state index is 0.0616. The predicted molar refractivity (Wildman–Crippen MR) is 114 cm³/mol. The van der Waals surface area contributed by atoms with E-state index in [4.69, 9.17) is 0 Å². The summed E-state index contributed by atoms with van der Waals surface area (Å²) in [5.74, 6) is 0.361. The summed E-state index contributed by atoms with van der Waals surface area (Å²) in [6, 6.07) is 16.8. The summed E-state index contributed by atoms with van der Waals surface area (Å²) in [5, 5.41) is 12.7. The maximum absolute atomic E-state index is 12.8. The highest BCUT2D eigenvalue weighted by Crippen LogP contribution is 2.31. The number of hydrogen-bond donors (Lipinski definition) is 3. The minimum Gasteiger partial charge on any atom is -0.508 e. The van der Waals surface area contributed by atoms with Crippen molar-refractivity contribution in [1.82, 2.24) is 9.97 Å². The lowest BCUT2D eigenvalue weighted by atomic mass is 10.3. The zero-order valence-electron chi connectivity index (χ0n) is 14.1. The quantitative estimate of drug-likeness (QED) is 0.385. The Bertz CT molecular complexity index is 1270. The van der Waals surface area contributed by atoms with E-state index < -0.39 is 10.0 Å². The number of aromatic hydroxyl groups is 1. The van der Waals surface area contributed by atoms with Gasteiger partial charge >= 0.3 is 0 Å². The fraction of sp³-hybridized carbons (Fsp3) is 0. The average molecular weight is 477 g/mol. The first-order valence-electron chi connectivity index (χ1n) is 8.02. The van der Waals surface area contributed by atoms with Gasteiger partial charge in [0.1, 0.15) is 9.96 Å². The molecule has 0 aliphatic heterocycles. The minimum atomic E-state index is -3.84. The molecule has 2 heterocycles. The molecule has 4 rings (SSSR count). The van der Waals surface area contributed by atoms with Crippen molar-refractivity contribution in [1.29, 1.82) is 0 Å². The molecule has 0 amide bonds. The van der Waals surface area contributed by atoms with Crippen LogP contribution in [0.4, 0.5) is 17.3 Å². The third-order valence-electron chi connectivity index (χ3n) is 3.72. The van der Waals surface area contributed by atoms with Crippen molar-refractivity contribution >= 4 is 65.6 Å². The van der Waals surface area contributed by atoms with Crippen LogP contribution in [0.25, 0.3) is 11.0 Å². The number of hydrogen-bond acceptors (Lipinski definition) is 7. The Morgan fingerprint density at radius 2 is 1.64 bits per heavy atom. The number of rotatable bonds is 5. The van der Waals surface area contributed by atoms with Crippen LogP contribution < -0.4 is 10.0 Å². The lowest BCUT2D eigenvalue weighted by molar-refractivity contribution is 0.475. The molecule has 28 heavy (non-hydrogen) atoms. The van der Waals surface area contributed by atoms with Crippen molar-refractivity contribution in [3.63, 3.8) is 0 Å². The van der Waals surface area contributed by atoms with Crippen molar-refractivity contribution in [3.8, 4) is 5.75 Å². The van der Waals surface area contributed by atoms with Gasteiger partial charge in [-0.15, -0.1) is 11.3 Å². The summed E-state index contributed by atoms with van der Waals surface area (Å²) in [5.41, 5.74) is 1.70. The molecule has 0 aliphatic rings. The van der Waals surface area contributed by atoms with Crippen LogP contribution in [0.1, 0.15) is 0 Å². The second-order valence-electron chi connectivity index (χ2n) is 5.75. The molecule has 0 radical (unpaired) electrons. The number of para-hydroxylation sites is 2. The second kappa shape index (κ2) is 7.38. The van der Waals surface area contributed by atoms with Crippen molar-refractivity contribution < 1.29 is 13.5 Å². The molecule has 0 spiro atoms. The van der Waals surface area contributed by atoms with E-state index in [2.05, 4.69) is 35.9 Å². The first kappa shape index (κ1) is 18.7. The number of nitrogens with zero attached hydrogens (tertiary/aromatic N) is 2. The van der Waals surface area contributed by atoms with Crippen molar-refractivity contribution in [2.24, 2.45) is 0 Å². The average Bonchev–Trinajstić information content (AvgIpc) is 3.09. The summed E-state index contributed by atoms with van der Waals surface area (Å²) in [4.78, 5) is 8.92. The number of sulfonamides is 1. The zero-order valence-corrected chi connectivity index (χ0v) is 17.3. The summed E-state index contributed by atoms with van der Waals surface area (Å²) in [6.07, 6.45) is 0. The highest BCUT2D eigenvalue weighted by atomic mass is 79.9. The summed E-state index contributed by atoms with van der Waals surface area (Å²) >= 11 is 4.36.